The zero-order chi connectivity index (χ0) is 21.2. The van der Waals surface area contributed by atoms with E-state index >= 15 is 0 Å². The molecule has 0 aliphatic carbocycles. The summed E-state index contributed by atoms with van der Waals surface area (Å²) in [5, 5.41) is 14.4. The van der Waals surface area contributed by atoms with Crippen molar-refractivity contribution in [2.45, 2.75) is 31.7 Å². The van der Waals surface area contributed by atoms with Gasteiger partial charge in [0.25, 0.3) is 0 Å². The highest BCUT2D eigenvalue weighted by atomic mass is 16.4. The number of likely N-dealkylation sites (N-methyl/N-ethyl adjacent to an activating group) is 1. The van der Waals surface area contributed by atoms with Gasteiger partial charge in [-0.25, -0.2) is 0 Å². The number of hydrogen-bond acceptors (Lipinski definition) is 6. The third-order valence-electron chi connectivity index (χ3n) is 4.89. The van der Waals surface area contributed by atoms with Gasteiger partial charge >= 0.3 is 5.97 Å². The predicted molar refractivity (Wildman–Crippen MR) is 109 cm³/mol. The molecule has 1 unspecified atom stereocenters. The van der Waals surface area contributed by atoms with Crippen LogP contribution in [0.15, 0.2) is 24.3 Å². The highest BCUT2D eigenvalue weighted by molar-refractivity contribution is 5.84. The van der Waals surface area contributed by atoms with Crippen molar-refractivity contribution in [1.29, 1.82) is 0 Å². The molecule has 0 radical (unpaired) electrons. The first-order chi connectivity index (χ1) is 13.9. The minimum absolute atomic E-state index is 0.0340. The van der Waals surface area contributed by atoms with Gasteiger partial charge in [-0.05, 0) is 30.7 Å². The Kier molecular flexibility index (Phi) is 8.45. The van der Waals surface area contributed by atoms with Gasteiger partial charge in [0.05, 0.1) is 6.42 Å². The molecule has 1 heterocycles. The Balaban J connectivity index is 1.88. The predicted octanol–water partition coefficient (Wildman–Crippen LogP) is 0.706. The summed E-state index contributed by atoms with van der Waals surface area (Å²) in [7, 11) is 1.56. The number of nitrogens with zero attached hydrogens (tertiary/aromatic N) is 2. The van der Waals surface area contributed by atoms with Crippen LogP contribution in [0.1, 0.15) is 25.7 Å². The van der Waals surface area contributed by atoms with Crippen LogP contribution in [-0.2, 0) is 19.2 Å². The van der Waals surface area contributed by atoms with E-state index in [2.05, 4.69) is 15.5 Å². The Labute approximate surface area is 170 Å². The molecule has 1 aromatic rings. The number of benzene rings is 1. The summed E-state index contributed by atoms with van der Waals surface area (Å²) < 4.78 is 0. The number of carboxylic acids is 1. The fourth-order valence-corrected chi connectivity index (χ4v) is 3.23. The van der Waals surface area contributed by atoms with E-state index < -0.39 is 12.0 Å². The number of aliphatic carboxylic acids is 1. The number of anilines is 2. The molecule has 0 aromatic heterocycles. The van der Waals surface area contributed by atoms with Crippen molar-refractivity contribution in [3.05, 3.63) is 24.3 Å². The molecule has 1 aliphatic rings. The molecular weight excluding hydrogens is 376 g/mol. The van der Waals surface area contributed by atoms with E-state index in [4.69, 9.17) is 5.11 Å². The molecule has 29 heavy (non-hydrogen) atoms. The highest BCUT2D eigenvalue weighted by Gasteiger charge is 2.22. The number of piperazine rings is 1. The maximum Gasteiger partial charge on any atom is 0.303 e. The standard InChI is InChI=1S/C20H28N4O5/c1-21-20(29)17(3-2-14-25)22-15-4-6-16(7-5-15)23-10-12-24(13-11-23)18(26)8-9-19(27)28/h4-7,14,17,22H,2-3,8-13H2,1H3,(H,21,29)(H,27,28). The van der Waals surface area contributed by atoms with Crippen LogP contribution >= 0.6 is 0 Å². The lowest BCUT2D eigenvalue weighted by Crippen LogP contribution is -2.48. The van der Waals surface area contributed by atoms with Crippen LogP contribution in [0.4, 0.5) is 11.4 Å². The second kappa shape index (κ2) is 11.0. The summed E-state index contributed by atoms with van der Waals surface area (Å²) in [4.78, 5) is 49.0. The average Bonchev–Trinajstić information content (AvgIpc) is 2.75. The SMILES string of the molecule is CNC(=O)C(CCC=O)Nc1ccc(N2CCN(C(=O)CCC(=O)O)CC2)cc1. The number of hydrogen-bond donors (Lipinski definition) is 3. The zero-order valence-electron chi connectivity index (χ0n) is 16.6. The van der Waals surface area contributed by atoms with Crippen LogP contribution in [0.2, 0.25) is 0 Å². The van der Waals surface area contributed by atoms with Crippen LogP contribution in [0.3, 0.4) is 0 Å². The van der Waals surface area contributed by atoms with Crippen molar-refractivity contribution < 1.29 is 24.3 Å². The molecule has 0 saturated carbocycles. The van der Waals surface area contributed by atoms with Crippen LogP contribution in [0.25, 0.3) is 0 Å². The summed E-state index contributed by atoms with van der Waals surface area (Å²) in [5.74, 6) is -1.25. The second-order valence-electron chi connectivity index (χ2n) is 6.86. The largest absolute Gasteiger partial charge is 0.481 e. The first kappa shape index (κ1) is 22.2. The van der Waals surface area contributed by atoms with E-state index in [1.54, 1.807) is 11.9 Å². The Morgan fingerprint density at radius 2 is 1.76 bits per heavy atom. The Morgan fingerprint density at radius 3 is 2.31 bits per heavy atom. The molecule has 1 fully saturated rings. The van der Waals surface area contributed by atoms with Crippen LogP contribution in [0, 0.1) is 0 Å². The second-order valence-corrected chi connectivity index (χ2v) is 6.86. The fourth-order valence-electron chi connectivity index (χ4n) is 3.23. The van der Waals surface area contributed by atoms with E-state index in [-0.39, 0.29) is 24.7 Å². The van der Waals surface area contributed by atoms with E-state index in [1.165, 1.54) is 0 Å². The van der Waals surface area contributed by atoms with Crippen molar-refractivity contribution in [3.8, 4) is 0 Å². The molecule has 0 bridgehead atoms. The quantitative estimate of drug-likeness (QED) is 0.491. The molecule has 158 valence electrons. The van der Waals surface area contributed by atoms with Gasteiger partial charge in [0, 0.05) is 57.4 Å². The van der Waals surface area contributed by atoms with Gasteiger partial charge < -0.3 is 30.3 Å². The van der Waals surface area contributed by atoms with Crippen LogP contribution in [-0.4, -0.2) is 73.3 Å². The molecule has 3 N–H and O–H groups in total. The lowest BCUT2D eigenvalue weighted by molar-refractivity contribution is -0.141. The van der Waals surface area contributed by atoms with E-state index in [0.29, 0.717) is 39.0 Å². The maximum atomic E-state index is 12.0. The number of rotatable bonds is 10. The molecule has 1 aliphatic heterocycles. The number of nitrogens with one attached hydrogen (secondary N) is 2. The van der Waals surface area contributed by atoms with Gasteiger partial charge in [-0.1, -0.05) is 0 Å². The molecule has 1 aromatic carbocycles. The van der Waals surface area contributed by atoms with E-state index in [0.717, 1.165) is 17.7 Å². The van der Waals surface area contributed by atoms with Gasteiger partial charge in [0.1, 0.15) is 12.3 Å². The Hall–Kier alpha value is -3.10. The van der Waals surface area contributed by atoms with Crippen molar-refractivity contribution in [2.24, 2.45) is 0 Å². The van der Waals surface area contributed by atoms with Crippen molar-refractivity contribution in [2.75, 3.05) is 43.4 Å². The number of carboxylic acid groups (broad SMARTS) is 1. The van der Waals surface area contributed by atoms with Gasteiger partial charge in [-0.3, -0.25) is 14.4 Å². The van der Waals surface area contributed by atoms with Crippen LogP contribution in [0.5, 0.6) is 0 Å². The summed E-state index contributed by atoms with van der Waals surface area (Å²) in [5.41, 5.74) is 1.80. The maximum absolute atomic E-state index is 12.0. The molecule has 0 spiro atoms. The minimum atomic E-state index is -0.962. The summed E-state index contributed by atoms with van der Waals surface area (Å²) >= 11 is 0. The first-order valence-corrected chi connectivity index (χ1v) is 9.71. The van der Waals surface area contributed by atoms with E-state index in [9.17, 15) is 19.2 Å². The smallest absolute Gasteiger partial charge is 0.303 e. The van der Waals surface area contributed by atoms with Crippen molar-refractivity contribution in [1.82, 2.24) is 10.2 Å². The highest BCUT2D eigenvalue weighted by Crippen LogP contribution is 2.21. The Bertz CT molecular complexity index is 714. The van der Waals surface area contributed by atoms with Crippen molar-refractivity contribution >= 4 is 35.4 Å². The number of carbonyl (C=O) groups is 4. The topological polar surface area (TPSA) is 119 Å². The number of carbonyl (C=O) groups excluding carboxylic acids is 3. The summed E-state index contributed by atoms with van der Waals surface area (Å²) in [6.45, 7) is 2.46. The fraction of sp³-hybridized carbons (Fsp3) is 0.500. The van der Waals surface area contributed by atoms with Gasteiger partial charge in [-0.15, -0.1) is 0 Å². The first-order valence-electron chi connectivity index (χ1n) is 9.71. The summed E-state index contributed by atoms with van der Waals surface area (Å²) in [6, 6.07) is 7.19. The monoisotopic (exact) mass is 404 g/mol. The third kappa shape index (κ3) is 6.78. The lowest BCUT2D eigenvalue weighted by Gasteiger charge is -2.36. The van der Waals surface area contributed by atoms with Gasteiger partial charge in [0.15, 0.2) is 0 Å². The molecular formula is C20H28N4O5. The van der Waals surface area contributed by atoms with Gasteiger partial charge in [-0.2, -0.15) is 0 Å². The number of amides is 2. The molecule has 2 rings (SSSR count). The minimum Gasteiger partial charge on any atom is -0.481 e. The lowest BCUT2D eigenvalue weighted by atomic mass is 10.1. The number of aldehydes is 1. The van der Waals surface area contributed by atoms with Crippen LogP contribution < -0.4 is 15.5 Å². The molecule has 2 amide bonds. The van der Waals surface area contributed by atoms with Gasteiger partial charge in [0.2, 0.25) is 11.8 Å². The normalized spacial score (nSPS) is 14.8. The molecule has 9 nitrogen and oxygen atoms in total. The van der Waals surface area contributed by atoms with Crippen molar-refractivity contribution in [3.63, 3.8) is 0 Å². The molecule has 1 atom stereocenters. The average molecular weight is 404 g/mol. The molecule has 1 saturated heterocycles. The van der Waals surface area contributed by atoms with E-state index in [1.807, 2.05) is 24.3 Å². The Morgan fingerprint density at radius 1 is 1.10 bits per heavy atom. The molecule has 9 heteroatoms. The third-order valence-corrected chi connectivity index (χ3v) is 4.89. The summed E-state index contributed by atoms with van der Waals surface area (Å²) in [6.07, 6.45) is 1.41. The zero-order valence-corrected chi connectivity index (χ0v) is 16.6.